The number of hydrogen-bond acceptors (Lipinski definition) is 4. The summed E-state index contributed by atoms with van der Waals surface area (Å²) in [5.74, 6) is 0.622. The standard InChI is InChI=1S/C15H16ClN3O2/c1-19(15(20)13-10-17-11-14(16)18-13)8-5-9-21-12-6-3-2-4-7-12/h2-4,6-7,10-11H,5,8-9H2,1H3. The highest BCUT2D eigenvalue weighted by Crippen LogP contribution is 2.09. The van der Waals surface area contributed by atoms with Crippen molar-refractivity contribution in [2.24, 2.45) is 0 Å². The van der Waals surface area contributed by atoms with Crippen LogP contribution in [0.5, 0.6) is 5.75 Å². The normalized spacial score (nSPS) is 10.2. The second-order valence-corrected chi connectivity index (χ2v) is 4.86. The molecule has 0 bridgehead atoms. The molecule has 1 aromatic carbocycles. The van der Waals surface area contributed by atoms with Crippen molar-refractivity contribution in [3.05, 3.63) is 53.6 Å². The zero-order chi connectivity index (χ0) is 15.1. The third-order valence-electron chi connectivity index (χ3n) is 2.82. The van der Waals surface area contributed by atoms with Crippen LogP contribution < -0.4 is 4.74 Å². The van der Waals surface area contributed by atoms with E-state index in [9.17, 15) is 4.79 Å². The van der Waals surface area contributed by atoms with Crippen molar-refractivity contribution in [2.75, 3.05) is 20.2 Å². The van der Waals surface area contributed by atoms with Gasteiger partial charge in [0.15, 0.2) is 0 Å². The van der Waals surface area contributed by atoms with Gasteiger partial charge in [-0.2, -0.15) is 0 Å². The lowest BCUT2D eigenvalue weighted by atomic mass is 10.3. The van der Waals surface area contributed by atoms with E-state index in [0.29, 0.717) is 13.2 Å². The van der Waals surface area contributed by atoms with E-state index in [0.717, 1.165) is 12.2 Å². The molecule has 21 heavy (non-hydrogen) atoms. The van der Waals surface area contributed by atoms with Crippen LogP contribution in [-0.4, -0.2) is 41.0 Å². The van der Waals surface area contributed by atoms with Gasteiger partial charge in [0, 0.05) is 13.6 Å². The van der Waals surface area contributed by atoms with Gasteiger partial charge in [-0.15, -0.1) is 0 Å². The van der Waals surface area contributed by atoms with E-state index >= 15 is 0 Å². The third kappa shape index (κ3) is 4.72. The first-order valence-electron chi connectivity index (χ1n) is 6.57. The summed E-state index contributed by atoms with van der Waals surface area (Å²) in [6, 6.07) is 9.57. The fourth-order valence-corrected chi connectivity index (χ4v) is 1.90. The Morgan fingerprint density at radius 3 is 2.76 bits per heavy atom. The lowest BCUT2D eigenvalue weighted by Gasteiger charge is -2.16. The van der Waals surface area contributed by atoms with Gasteiger partial charge in [-0.3, -0.25) is 9.78 Å². The average molecular weight is 306 g/mol. The summed E-state index contributed by atoms with van der Waals surface area (Å²) in [7, 11) is 1.72. The summed E-state index contributed by atoms with van der Waals surface area (Å²) in [6.07, 6.45) is 3.53. The molecule has 110 valence electrons. The lowest BCUT2D eigenvalue weighted by Crippen LogP contribution is -2.29. The molecule has 2 rings (SSSR count). The molecule has 0 aliphatic heterocycles. The predicted molar refractivity (Wildman–Crippen MR) is 80.6 cm³/mol. The first kappa shape index (κ1) is 15.3. The fourth-order valence-electron chi connectivity index (χ4n) is 1.75. The van der Waals surface area contributed by atoms with Crippen molar-refractivity contribution in [3.63, 3.8) is 0 Å². The van der Waals surface area contributed by atoms with Gasteiger partial charge >= 0.3 is 0 Å². The molecular formula is C15H16ClN3O2. The number of halogens is 1. The number of aromatic nitrogens is 2. The van der Waals surface area contributed by atoms with Crippen LogP contribution in [0.4, 0.5) is 0 Å². The van der Waals surface area contributed by atoms with Gasteiger partial charge in [-0.05, 0) is 18.6 Å². The Morgan fingerprint density at radius 1 is 1.29 bits per heavy atom. The van der Waals surface area contributed by atoms with E-state index in [4.69, 9.17) is 16.3 Å². The summed E-state index contributed by atoms with van der Waals surface area (Å²) in [6.45, 7) is 1.11. The first-order chi connectivity index (χ1) is 10.2. The molecule has 0 fully saturated rings. The third-order valence-corrected chi connectivity index (χ3v) is 3.00. The maximum Gasteiger partial charge on any atom is 0.273 e. The number of carbonyl (C=O) groups is 1. The number of para-hydroxylation sites is 1. The molecule has 0 aliphatic carbocycles. The number of carbonyl (C=O) groups excluding carboxylic acids is 1. The number of benzene rings is 1. The molecule has 0 aliphatic rings. The van der Waals surface area contributed by atoms with Crippen molar-refractivity contribution < 1.29 is 9.53 Å². The number of amides is 1. The fraction of sp³-hybridized carbons (Fsp3) is 0.267. The SMILES string of the molecule is CN(CCCOc1ccccc1)C(=O)c1cncc(Cl)n1. The van der Waals surface area contributed by atoms with E-state index in [1.165, 1.54) is 12.4 Å². The number of rotatable bonds is 6. The summed E-state index contributed by atoms with van der Waals surface area (Å²) in [4.78, 5) is 21.5. The van der Waals surface area contributed by atoms with Crippen LogP contribution in [0.15, 0.2) is 42.7 Å². The Kier molecular flexibility index (Phi) is 5.51. The van der Waals surface area contributed by atoms with Gasteiger partial charge in [0.25, 0.3) is 5.91 Å². The topological polar surface area (TPSA) is 55.3 Å². The lowest BCUT2D eigenvalue weighted by molar-refractivity contribution is 0.0781. The second-order valence-electron chi connectivity index (χ2n) is 4.47. The highest BCUT2D eigenvalue weighted by atomic mass is 35.5. The van der Waals surface area contributed by atoms with Crippen molar-refractivity contribution in [2.45, 2.75) is 6.42 Å². The van der Waals surface area contributed by atoms with Crippen molar-refractivity contribution >= 4 is 17.5 Å². The van der Waals surface area contributed by atoms with Crippen LogP contribution in [-0.2, 0) is 0 Å². The predicted octanol–water partition coefficient (Wildman–Crippen LogP) is 2.67. The molecule has 1 aromatic heterocycles. The molecule has 1 amide bonds. The Labute approximate surface area is 128 Å². The maximum atomic E-state index is 12.1. The van der Waals surface area contributed by atoms with Crippen molar-refractivity contribution in [3.8, 4) is 5.75 Å². The van der Waals surface area contributed by atoms with Gasteiger partial charge in [-0.1, -0.05) is 29.8 Å². The molecule has 5 nitrogen and oxygen atoms in total. The molecule has 0 radical (unpaired) electrons. The van der Waals surface area contributed by atoms with Gasteiger partial charge < -0.3 is 9.64 Å². The Hall–Kier alpha value is -2.14. The largest absolute Gasteiger partial charge is 0.494 e. The molecule has 0 saturated heterocycles. The molecule has 2 aromatic rings. The van der Waals surface area contributed by atoms with Crippen molar-refractivity contribution in [1.82, 2.24) is 14.9 Å². The smallest absolute Gasteiger partial charge is 0.273 e. The van der Waals surface area contributed by atoms with E-state index in [-0.39, 0.29) is 16.8 Å². The Balaban J connectivity index is 1.76. The van der Waals surface area contributed by atoms with Crippen LogP contribution in [0.2, 0.25) is 5.15 Å². The van der Waals surface area contributed by atoms with Crippen LogP contribution in [0.25, 0.3) is 0 Å². The molecule has 1 heterocycles. The molecule has 6 heteroatoms. The van der Waals surface area contributed by atoms with Gasteiger partial charge in [0.05, 0.1) is 19.0 Å². The number of nitrogens with zero attached hydrogens (tertiary/aromatic N) is 3. The van der Waals surface area contributed by atoms with Crippen LogP contribution >= 0.6 is 11.6 Å². The molecular weight excluding hydrogens is 290 g/mol. The zero-order valence-electron chi connectivity index (χ0n) is 11.7. The monoisotopic (exact) mass is 305 g/mol. The van der Waals surface area contributed by atoms with Crippen LogP contribution in [0, 0.1) is 0 Å². The van der Waals surface area contributed by atoms with Gasteiger partial charge in [0.1, 0.15) is 16.6 Å². The average Bonchev–Trinajstić information content (AvgIpc) is 2.51. The van der Waals surface area contributed by atoms with E-state index in [1.54, 1.807) is 11.9 Å². The number of ether oxygens (including phenoxy) is 1. The highest BCUT2D eigenvalue weighted by molar-refractivity contribution is 6.29. The second kappa shape index (κ2) is 7.59. The summed E-state index contributed by atoms with van der Waals surface area (Å²) in [5.41, 5.74) is 0.244. The van der Waals surface area contributed by atoms with Gasteiger partial charge in [-0.25, -0.2) is 4.98 Å². The highest BCUT2D eigenvalue weighted by Gasteiger charge is 2.13. The van der Waals surface area contributed by atoms with Gasteiger partial charge in [0.2, 0.25) is 0 Å². The quantitative estimate of drug-likeness (QED) is 0.770. The number of hydrogen-bond donors (Lipinski definition) is 0. The van der Waals surface area contributed by atoms with E-state index in [1.807, 2.05) is 30.3 Å². The first-order valence-corrected chi connectivity index (χ1v) is 6.95. The minimum Gasteiger partial charge on any atom is -0.494 e. The van der Waals surface area contributed by atoms with E-state index in [2.05, 4.69) is 9.97 Å². The van der Waals surface area contributed by atoms with E-state index < -0.39 is 0 Å². The summed E-state index contributed by atoms with van der Waals surface area (Å²) in [5, 5.41) is 0.210. The van der Waals surface area contributed by atoms with Crippen molar-refractivity contribution in [1.29, 1.82) is 0 Å². The molecule has 0 saturated carbocycles. The minimum atomic E-state index is -0.204. The summed E-state index contributed by atoms with van der Waals surface area (Å²) < 4.78 is 5.57. The Bertz CT molecular complexity index is 592. The molecule has 0 N–H and O–H groups in total. The summed E-state index contributed by atoms with van der Waals surface area (Å²) >= 11 is 5.72. The minimum absolute atomic E-state index is 0.204. The Morgan fingerprint density at radius 2 is 2.05 bits per heavy atom. The zero-order valence-corrected chi connectivity index (χ0v) is 12.5. The van der Waals surface area contributed by atoms with Crippen LogP contribution in [0.1, 0.15) is 16.9 Å². The molecule has 0 atom stereocenters. The molecule has 0 unspecified atom stereocenters. The van der Waals surface area contributed by atoms with Crippen LogP contribution in [0.3, 0.4) is 0 Å². The molecule has 0 spiro atoms. The maximum absolute atomic E-state index is 12.1.